The Morgan fingerprint density at radius 2 is 2.18 bits per heavy atom. The van der Waals surface area contributed by atoms with Gasteiger partial charge in [0.05, 0.1) is 23.9 Å². The number of anilines is 1. The summed E-state index contributed by atoms with van der Waals surface area (Å²) in [6.45, 7) is 4.40. The van der Waals surface area contributed by atoms with Crippen molar-refractivity contribution in [2.75, 3.05) is 5.32 Å². The lowest BCUT2D eigenvalue weighted by atomic mass is 10.1. The molecule has 2 aromatic rings. The minimum atomic E-state index is 0.589. The molecule has 0 radical (unpaired) electrons. The highest BCUT2D eigenvalue weighted by Crippen LogP contribution is 2.15. The topological polar surface area (TPSA) is 61.9 Å². The van der Waals surface area contributed by atoms with E-state index in [2.05, 4.69) is 16.5 Å². The van der Waals surface area contributed by atoms with Gasteiger partial charge in [0.1, 0.15) is 0 Å². The van der Waals surface area contributed by atoms with Gasteiger partial charge in [-0.15, -0.1) is 0 Å². The Labute approximate surface area is 99.9 Å². The van der Waals surface area contributed by atoms with Crippen LogP contribution in [0, 0.1) is 25.2 Å². The maximum Gasteiger partial charge on any atom is 0.156 e. The molecule has 0 saturated carbocycles. The minimum Gasteiger partial charge on any atom is -0.378 e. The zero-order valence-corrected chi connectivity index (χ0v) is 9.82. The van der Waals surface area contributed by atoms with Gasteiger partial charge >= 0.3 is 0 Å². The number of nitriles is 1. The third kappa shape index (κ3) is 2.64. The lowest BCUT2D eigenvalue weighted by Gasteiger charge is -2.05. The van der Waals surface area contributed by atoms with Crippen LogP contribution in [0.2, 0.25) is 0 Å². The average molecular weight is 227 g/mol. The van der Waals surface area contributed by atoms with Gasteiger partial charge in [-0.2, -0.15) is 5.26 Å². The predicted molar refractivity (Wildman–Crippen MR) is 64.5 cm³/mol. The maximum atomic E-state index is 8.83. The molecule has 1 N–H and O–H groups in total. The Kier molecular flexibility index (Phi) is 3.10. The van der Waals surface area contributed by atoms with E-state index < -0.39 is 0 Å². The van der Waals surface area contributed by atoms with Crippen LogP contribution in [-0.4, -0.2) is 5.16 Å². The highest BCUT2D eigenvalue weighted by molar-refractivity contribution is 5.51. The zero-order valence-electron chi connectivity index (χ0n) is 9.82. The smallest absolute Gasteiger partial charge is 0.156 e. The van der Waals surface area contributed by atoms with Crippen molar-refractivity contribution < 1.29 is 4.52 Å². The highest BCUT2D eigenvalue weighted by atomic mass is 16.5. The molecule has 1 aromatic carbocycles. The van der Waals surface area contributed by atoms with Crippen LogP contribution in [0.4, 0.5) is 5.69 Å². The number of nitrogens with one attached hydrogen (secondary N) is 1. The van der Waals surface area contributed by atoms with E-state index in [0.717, 1.165) is 22.7 Å². The molecule has 0 fully saturated rings. The van der Waals surface area contributed by atoms with Crippen molar-refractivity contribution in [1.29, 1.82) is 5.26 Å². The third-order valence-corrected chi connectivity index (χ3v) is 2.49. The summed E-state index contributed by atoms with van der Waals surface area (Å²) in [4.78, 5) is 0. The second-order valence-corrected chi connectivity index (χ2v) is 3.93. The molecular formula is C13H13N3O. The van der Waals surface area contributed by atoms with Crippen molar-refractivity contribution in [2.24, 2.45) is 0 Å². The first-order chi connectivity index (χ1) is 8.19. The predicted octanol–water partition coefficient (Wildman–Crippen LogP) is 2.78. The number of benzene rings is 1. The first kappa shape index (κ1) is 11.2. The van der Waals surface area contributed by atoms with Crippen molar-refractivity contribution >= 4 is 5.69 Å². The molecule has 4 heteroatoms. The van der Waals surface area contributed by atoms with E-state index in [9.17, 15) is 0 Å². The number of nitrogens with zero attached hydrogens (tertiary/aromatic N) is 2. The van der Waals surface area contributed by atoms with Crippen LogP contribution in [-0.2, 0) is 6.54 Å². The largest absolute Gasteiger partial charge is 0.378 e. The molecule has 0 amide bonds. The van der Waals surface area contributed by atoms with Gasteiger partial charge in [-0.05, 0) is 37.6 Å². The number of hydrogen-bond acceptors (Lipinski definition) is 4. The molecule has 0 spiro atoms. The van der Waals surface area contributed by atoms with Gasteiger partial charge in [-0.25, -0.2) is 0 Å². The second-order valence-electron chi connectivity index (χ2n) is 3.93. The molecule has 0 bridgehead atoms. The van der Waals surface area contributed by atoms with Gasteiger partial charge in [-0.1, -0.05) is 5.16 Å². The fraction of sp³-hybridized carbons (Fsp3) is 0.231. The van der Waals surface area contributed by atoms with Crippen molar-refractivity contribution in [3.8, 4) is 6.07 Å². The standard InChI is InChI=1S/C13H13N3O/c1-9-5-12(4-3-11(9)7-14)15-8-13-6-10(2)16-17-13/h3-6,15H,8H2,1-2H3. The van der Waals surface area contributed by atoms with E-state index in [4.69, 9.17) is 9.78 Å². The molecule has 1 heterocycles. The highest BCUT2D eigenvalue weighted by Gasteiger charge is 2.02. The number of hydrogen-bond donors (Lipinski definition) is 1. The van der Waals surface area contributed by atoms with Crippen LogP contribution in [0.25, 0.3) is 0 Å². The van der Waals surface area contributed by atoms with Gasteiger partial charge in [-0.3, -0.25) is 0 Å². The molecule has 0 aliphatic carbocycles. The Hall–Kier alpha value is -2.28. The van der Waals surface area contributed by atoms with Gasteiger partial charge in [0, 0.05) is 11.8 Å². The van der Waals surface area contributed by atoms with Crippen LogP contribution in [0.3, 0.4) is 0 Å². The molecule has 2 rings (SSSR count). The summed E-state index contributed by atoms with van der Waals surface area (Å²) in [6.07, 6.45) is 0. The molecule has 1 aromatic heterocycles. The Bertz CT molecular complexity index is 566. The monoisotopic (exact) mass is 227 g/mol. The molecule has 17 heavy (non-hydrogen) atoms. The molecule has 0 atom stereocenters. The summed E-state index contributed by atoms with van der Waals surface area (Å²) in [5, 5.41) is 15.9. The Balaban J connectivity index is 2.05. The van der Waals surface area contributed by atoms with Crippen LogP contribution in [0.15, 0.2) is 28.8 Å². The Morgan fingerprint density at radius 1 is 1.35 bits per heavy atom. The van der Waals surface area contributed by atoms with Crippen molar-refractivity contribution in [2.45, 2.75) is 20.4 Å². The lowest BCUT2D eigenvalue weighted by molar-refractivity contribution is 0.384. The number of aromatic nitrogens is 1. The van der Waals surface area contributed by atoms with E-state index in [1.165, 1.54) is 0 Å². The maximum absolute atomic E-state index is 8.83. The van der Waals surface area contributed by atoms with Crippen LogP contribution in [0.5, 0.6) is 0 Å². The first-order valence-corrected chi connectivity index (χ1v) is 5.36. The quantitative estimate of drug-likeness (QED) is 0.875. The van der Waals surface area contributed by atoms with Crippen LogP contribution >= 0.6 is 0 Å². The zero-order chi connectivity index (χ0) is 12.3. The van der Waals surface area contributed by atoms with E-state index in [1.807, 2.05) is 38.1 Å². The number of aryl methyl sites for hydroxylation is 2. The molecular weight excluding hydrogens is 214 g/mol. The van der Waals surface area contributed by atoms with Crippen molar-refractivity contribution in [1.82, 2.24) is 5.16 Å². The molecule has 4 nitrogen and oxygen atoms in total. The minimum absolute atomic E-state index is 0.589. The fourth-order valence-corrected chi connectivity index (χ4v) is 1.59. The molecule has 0 aliphatic rings. The van der Waals surface area contributed by atoms with Crippen molar-refractivity contribution in [3.63, 3.8) is 0 Å². The van der Waals surface area contributed by atoms with E-state index in [-0.39, 0.29) is 0 Å². The van der Waals surface area contributed by atoms with E-state index >= 15 is 0 Å². The van der Waals surface area contributed by atoms with Gasteiger partial charge in [0.25, 0.3) is 0 Å². The van der Waals surface area contributed by atoms with Gasteiger partial charge in [0.2, 0.25) is 0 Å². The average Bonchev–Trinajstić information content (AvgIpc) is 2.73. The lowest BCUT2D eigenvalue weighted by Crippen LogP contribution is -1.98. The molecule has 0 aliphatic heterocycles. The summed E-state index contributed by atoms with van der Waals surface area (Å²) < 4.78 is 5.10. The SMILES string of the molecule is Cc1cc(CNc2ccc(C#N)c(C)c2)on1. The van der Waals surface area contributed by atoms with Crippen LogP contribution in [0.1, 0.15) is 22.6 Å². The number of rotatable bonds is 3. The summed E-state index contributed by atoms with van der Waals surface area (Å²) >= 11 is 0. The molecule has 86 valence electrons. The molecule has 0 unspecified atom stereocenters. The van der Waals surface area contributed by atoms with Crippen molar-refractivity contribution in [3.05, 3.63) is 46.8 Å². The Morgan fingerprint density at radius 3 is 2.76 bits per heavy atom. The normalized spacial score (nSPS) is 9.94. The van der Waals surface area contributed by atoms with E-state index in [1.54, 1.807) is 0 Å². The van der Waals surface area contributed by atoms with Gasteiger partial charge in [0.15, 0.2) is 5.76 Å². The summed E-state index contributed by atoms with van der Waals surface area (Å²) in [6, 6.07) is 9.67. The second kappa shape index (κ2) is 4.71. The van der Waals surface area contributed by atoms with Gasteiger partial charge < -0.3 is 9.84 Å². The van der Waals surface area contributed by atoms with Crippen LogP contribution < -0.4 is 5.32 Å². The summed E-state index contributed by atoms with van der Waals surface area (Å²) in [7, 11) is 0. The third-order valence-electron chi connectivity index (χ3n) is 2.49. The molecule has 0 saturated heterocycles. The fourth-order valence-electron chi connectivity index (χ4n) is 1.59. The first-order valence-electron chi connectivity index (χ1n) is 5.36. The summed E-state index contributed by atoms with van der Waals surface area (Å²) in [5.74, 6) is 0.796. The summed E-state index contributed by atoms with van der Waals surface area (Å²) in [5.41, 5.74) is 3.51. The van der Waals surface area contributed by atoms with E-state index in [0.29, 0.717) is 12.1 Å².